The lowest BCUT2D eigenvalue weighted by molar-refractivity contribution is -0.389. The highest BCUT2D eigenvalue weighted by Crippen LogP contribution is 2.26. The van der Waals surface area contributed by atoms with Crippen molar-refractivity contribution in [1.82, 2.24) is 40.3 Å². The van der Waals surface area contributed by atoms with Crippen LogP contribution in [0.5, 0.6) is 0 Å². The molecule has 2 N–H and O–H groups in total. The molecule has 0 aliphatic heterocycles. The summed E-state index contributed by atoms with van der Waals surface area (Å²) in [5.74, 6) is -1.61. The topological polar surface area (TPSA) is 176 Å². The molecule has 0 radical (unpaired) electrons. The van der Waals surface area contributed by atoms with Gasteiger partial charge in [-0.15, -0.1) is 0 Å². The van der Waals surface area contributed by atoms with Crippen molar-refractivity contribution in [3.8, 4) is 0 Å². The lowest BCUT2D eigenvalue weighted by atomic mass is 10.4. The Morgan fingerprint density at radius 3 is 2.68 bits per heavy atom. The number of halogens is 2. The summed E-state index contributed by atoms with van der Waals surface area (Å²) in [6, 6.07) is 0. The normalized spacial score (nSPS) is 10.8. The van der Waals surface area contributed by atoms with Crippen molar-refractivity contribution in [2.24, 2.45) is 0 Å². The maximum atomic E-state index is 12.0. The summed E-state index contributed by atoms with van der Waals surface area (Å²) in [7, 11) is 0. The number of carbonyl (C=O) groups excluding carboxylic acids is 2. The second-order valence-electron chi connectivity index (χ2n) is 6.12. The quantitative estimate of drug-likeness (QED) is 0.256. The maximum Gasteiger partial charge on any atom is 0.408 e. The molecule has 0 atom stereocenters. The molecule has 14 nitrogen and oxygen atoms in total. The van der Waals surface area contributed by atoms with Crippen LogP contribution in [-0.2, 0) is 17.9 Å². The smallest absolute Gasteiger partial charge is 0.358 e. The number of nitro groups is 1. The summed E-state index contributed by atoms with van der Waals surface area (Å²) < 4.78 is 7.50. The van der Waals surface area contributed by atoms with Crippen molar-refractivity contribution in [1.29, 1.82) is 0 Å². The van der Waals surface area contributed by atoms with Crippen LogP contribution in [0, 0.1) is 17.0 Å². The Kier molecular flexibility index (Phi) is 6.81. The van der Waals surface area contributed by atoms with Gasteiger partial charge >= 0.3 is 17.6 Å². The van der Waals surface area contributed by atoms with E-state index in [-0.39, 0.29) is 42.9 Å². The fraction of sp³-hybridized carbons (Fsp3) is 0.333. The van der Waals surface area contributed by atoms with Gasteiger partial charge in [-0.25, -0.2) is 0 Å². The number of nitrogens with zero attached hydrogens (tertiary/aromatic N) is 7. The zero-order chi connectivity index (χ0) is 22.5. The Labute approximate surface area is 183 Å². The van der Waals surface area contributed by atoms with Crippen LogP contribution >= 0.6 is 23.2 Å². The minimum Gasteiger partial charge on any atom is -0.358 e. The molecule has 0 aliphatic rings. The van der Waals surface area contributed by atoms with Crippen molar-refractivity contribution >= 4 is 40.8 Å². The largest absolute Gasteiger partial charge is 0.408 e. The molecule has 3 aromatic heterocycles. The van der Waals surface area contributed by atoms with Crippen LogP contribution in [0.3, 0.4) is 0 Å². The first-order valence-electron chi connectivity index (χ1n) is 8.67. The van der Waals surface area contributed by atoms with Gasteiger partial charge in [0.1, 0.15) is 13.1 Å². The van der Waals surface area contributed by atoms with Gasteiger partial charge in [0.15, 0.2) is 10.8 Å². The second-order valence-corrected chi connectivity index (χ2v) is 6.93. The number of carbonyl (C=O) groups is 2. The molecule has 0 saturated carbocycles. The van der Waals surface area contributed by atoms with Crippen molar-refractivity contribution in [3.05, 3.63) is 50.0 Å². The van der Waals surface area contributed by atoms with E-state index in [1.807, 2.05) is 0 Å². The van der Waals surface area contributed by atoms with Gasteiger partial charge in [-0.1, -0.05) is 28.4 Å². The van der Waals surface area contributed by atoms with Gasteiger partial charge in [0.25, 0.3) is 0 Å². The summed E-state index contributed by atoms with van der Waals surface area (Å²) in [4.78, 5) is 38.1. The van der Waals surface area contributed by atoms with Crippen LogP contribution in [0.2, 0.25) is 10.0 Å². The molecule has 0 unspecified atom stereocenters. The molecule has 0 fully saturated rings. The molecule has 3 heterocycles. The Morgan fingerprint density at radius 1 is 1.29 bits per heavy atom. The number of aromatic nitrogens is 6. The van der Waals surface area contributed by atoms with Crippen LogP contribution in [0.15, 0.2) is 16.9 Å². The van der Waals surface area contributed by atoms with Crippen LogP contribution in [0.1, 0.15) is 22.2 Å². The van der Waals surface area contributed by atoms with Crippen molar-refractivity contribution in [2.75, 3.05) is 13.1 Å². The Hall–Kier alpha value is -3.52. The van der Waals surface area contributed by atoms with Crippen LogP contribution in [-0.4, -0.2) is 59.5 Å². The molecule has 16 heteroatoms. The summed E-state index contributed by atoms with van der Waals surface area (Å²) >= 11 is 11.6. The van der Waals surface area contributed by atoms with Gasteiger partial charge in [0, 0.05) is 19.3 Å². The lowest BCUT2D eigenvalue weighted by Crippen LogP contribution is -2.36. The molecule has 0 spiro atoms. The third-order valence-corrected chi connectivity index (χ3v) is 4.52. The van der Waals surface area contributed by atoms with Gasteiger partial charge in [-0.3, -0.25) is 14.3 Å². The minimum atomic E-state index is -0.730. The molecular weight excluding hydrogens is 457 g/mol. The van der Waals surface area contributed by atoms with Gasteiger partial charge in [0.2, 0.25) is 5.91 Å². The molecule has 2 amide bonds. The molecule has 0 saturated heterocycles. The fourth-order valence-electron chi connectivity index (χ4n) is 2.40. The third kappa shape index (κ3) is 5.55. The standard InChI is InChI=1S/C15H15Cl2N9O5/c1-8-12(17)13(26(29)30)22-25(8)7-11(27)18-2-3-19-14(28)15-21-10(23-31-15)6-24-5-9(16)4-20-24/h4-5H,2-3,6-7H2,1H3,(H,18,27)(H,19,28). The van der Waals surface area contributed by atoms with E-state index in [0.717, 1.165) is 4.68 Å². The van der Waals surface area contributed by atoms with E-state index < -0.39 is 22.6 Å². The molecule has 0 bridgehead atoms. The minimum absolute atomic E-state index is 0.0794. The van der Waals surface area contributed by atoms with Crippen molar-refractivity contribution in [2.45, 2.75) is 20.0 Å². The van der Waals surface area contributed by atoms with Crippen LogP contribution in [0.25, 0.3) is 0 Å². The highest BCUT2D eigenvalue weighted by atomic mass is 35.5. The third-order valence-electron chi connectivity index (χ3n) is 3.88. The van der Waals surface area contributed by atoms with Gasteiger partial charge < -0.3 is 25.3 Å². The molecule has 164 valence electrons. The van der Waals surface area contributed by atoms with Crippen molar-refractivity contribution in [3.63, 3.8) is 0 Å². The van der Waals surface area contributed by atoms with E-state index in [1.165, 1.54) is 17.8 Å². The van der Waals surface area contributed by atoms with E-state index >= 15 is 0 Å². The Morgan fingerprint density at radius 2 is 2.03 bits per heavy atom. The highest BCUT2D eigenvalue weighted by molar-refractivity contribution is 6.33. The van der Waals surface area contributed by atoms with E-state index in [2.05, 4.69) is 31.0 Å². The zero-order valence-electron chi connectivity index (χ0n) is 15.9. The summed E-state index contributed by atoms with van der Waals surface area (Å²) in [6.45, 7) is 1.59. The maximum absolute atomic E-state index is 12.0. The molecule has 3 rings (SSSR count). The predicted molar refractivity (Wildman–Crippen MR) is 105 cm³/mol. The molecular formula is C15H15Cl2N9O5. The molecule has 3 aromatic rings. The fourth-order valence-corrected chi connectivity index (χ4v) is 2.77. The van der Waals surface area contributed by atoms with E-state index in [0.29, 0.717) is 10.7 Å². The van der Waals surface area contributed by atoms with E-state index in [1.54, 1.807) is 6.20 Å². The Balaban J connectivity index is 1.42. The summed E-state index contributed by atoms with van der Waals surface area (Å²) in [5.41, 5.74) is 0.293. The molecule has 0 aliphatic carbocycles. The SMILES string of the molecule is Cc1c(Cl)c([N+](=O)[O-])nn1CC(=O)NCCNC(=O)c1nc(Cn2cc(Cl)cn2)no1. The van der Waals surface area contributed by atoms with Gasteiger partial charge in [0.05, 0.1) is 22.0 Å². The summed E-state index contributed by atoms with van der Waals surface area (Å²) in [5, 5.41) is 27.6. The van der Waals surface area contributed by atoms with E-state index in [9.17, 15) is 19.7 Å². The van der Waals surface area contributed by atoms with Crippen LogP contribution < -0.4 is 10.6 Å². The van der Waals surface area contributed by atoms with Crippen molar-refractivity contribution < 1.29 is 19.0 Å². The number of amides is 2. The first-order valence-corrected chi connectivity index (χ1v) is 9.43. The van der Waals surface area contributed by atoms with Crippen LogP contribution in [0.4, 0.5) is 5.82 Å². The highest BCUT2D eigenvalue weighted by Gasteiger charge is 2.25. The first kappa shape index (κ1) is 22.2. The van der Waals surface area contributed by atoms with Gasteiger partial charge in [-0.05, 0) is 11.8 Å². The first-order chi connectivity index (χ1) is 14.7. The molecule has 0 aromatic carbocycles. The monoisotopic (exact) mass is 471 g/mol. The van der Waals surface area contributed by atoms with E-state index in [4.69, 9.17) is 27.7 Å². The number of hydrogen-bond donors (Lipinski definition) is 2. The average molecular weight is 472 g/mol. The number of nitrogens with one attached hydrogen (secondary N) is 2. The predicted octanol–water partition coefficient (Wildman–Crippen LogP) is 0.581. The molecule has 31 heavy (non-hydrogen) atoms. The summed E-state index contributed by atoms with van der Waals surface area (Å²) in [6.07, 6.45) is 3.02. The number of hydrogen-bond acceptors (Lipinski definition) is 9. The average Bonchev–Trinajstić information content (AvgIpc) is 3.42. The zero-order valence-corrected chi connectivity index (χ0v) is 17.4. The second kappa shape index (κ2) is 9.53. The van der Waals surface area contributed by atoms with Gasteiger partial charge in [-0.2, -0.15) is 14.8 Å². The lowest BCUT2D eigenvalue weighted by Gasteiger charge is -2.05. The number of rotatable bonds is 9. The Bertz CT molecular complexity index is 1120.